The summed E-state index contributed by atoms with van der Waals surface area (Å²) >= 11 is 0. The van der Waals surface area contributed by atoms with E-state index < -0.39 is 16.0 Å². The average Bonchev–Trinajstić information content (AvgIpc) is 2.75. The minimum atomic E-state index is -3.65. The lowest BCUT2D eigenvalue weighted by atomic mass is 10.0. The summed E-state index contributed by atoms with van der Waals surface area (Å²) in [6.45, 7) is 2.43. The predicted octanol–water partition coefficient (Wildman–Crippen LogP) is 3.44. The smallest absolute Gasteiger partial charge is 0.338 e. The number of benzene rings is 2. The fourth-order valence-electron chi connectivity index (χ4n) is 3.55. The van der Waals surface area contributed by atoms with E-state index in [1.165, 1.54) is 4.31 Å². The van der Waals surface area contributed by atoms with Crippen molar-refractivity contribution in [1.82, 2.24) is 4.31 Å². The van der Waals surface area contributed by atoms with Crippen molar-refractivity contribution in [3.05, 3.63) is 60.2 Å². The average molecular weight is 431 g/mol. The summed E-state index contributed by atoms with van der Waals surface area (Å²) in [5.74, 6) is -0.682. The molecule has 2 aromatic carbocycles. The largest absolute Gasteiger partial charge is 0.462 e. The molecule has 8 heteroatoms. The van der Waals surface area contributed by atoms with Crippen molar-refractivity contribution in [2.45, 2.75) is 43.5 Å². The van der Waals surface area contributed by atoms with Gasteiger partial charge >= 0.3 is 5.97 Å². The highest BCUT2D eigenvalue weighted by molar-refractivity contribution is 7.89. The monoisotopic (exact) mass is 430 g/mol. The van der Waals surface area contributed by atoms with E-state index >= 15 is 0 Å². The molecule has 160 valence electrons. The van der Waals surface area contributed by atoms with E-state index in [2.05, 4.69) is 5.32 Å². The van der Waals surface area contributed by atoms with E-state index in [4.69, 9.17) is 4.74 Å². The molecule has 7 nitrogen and oxygen atoms in total. The fraction of sp³-hybridized carbons (Fsp3) is 0.364. The molecular formula is C22H26N2O5S. The molecule has 1 unspecified atom stereocenters. The van der Waals surface area contributed by atoms with Gasteiger partial charge < -0.3 is 10.1 Å². The van der Waals surface area contributed by atoms with Gasteiger partial charge in [-0.1, -0.05) is 24.6 Å². The van der Waals surface area contributed by atoms with Gasteiger partial charge in [-0.15, -0.1) is 0 Å². The molecule has 1 heterocycles. The highest BCUT2D eigenvalue weighted by Gasteiger charge is 2.34. The van der Waals surface area contributed by atoms with Crippen LogP contribution >= 0.6 is 0 Å². The Morgan fingerprint density at radius 3 is 2.43 bits per heavy atom. The lowest BCUT2D eigenvalue weighted by molar-refractivity contribution is -0.117. The van der Waals surface area contributed by atoms with Crippen LogP contribution in [0, 0.1) is 0 Å². The summed E-state index contributed by atoms with van der Waals surface area (Å²) in [5, 5.41) is 2.79. The molecule has 1 fully saturated rings. The van der Waals surface area contributed by atoms with Crippen LogP contribution in [0.5, 0.6) is 0 Å². The van der Waals surface area contributed by atoms with Crippen LogP contribution in [0.25, 0.3) is 0 Å². The number of ether oxygens (including phenoxy) is 1. The molecular weight excluding hydrogens is 404 g/mol. The van der Waals surface area contributed by atoms with Crippen LogP contribution in [-0.2, 0) is 19.6 Å². The number of esters is 1. The van der Waals surface area contributed by atoms with Crippen molar-refractivity contribution < 1.29 is 22.7 Å². The standard InChI is InChI=1S/C22H26N2O5S/c1-2-29-22(26)17-11-13-18(14-12-17)23-21(25)16-19-8-6-7-15-24(19)30(27,28)20-9-4-3-5-10-20/h3-5,9-14,19H,2,6-8,15-16H2,1H3,(H,23,25). The van der Waals surface area contributed by atoms with E-state index in [1.54, 1.807) is 61.5 Å². The third kappa shape index (κ3) is 5.25. The predicted molar refractivity (Wildman–Crippen MR) is 114 cm³/mol. The summed E-state index contributed by atoms with van der Waals surface area (Å²) in [4.78, 5) is 24.5. The maximum atomic E-state index is 13.0. The first kappa shape index (κ1) is 22.0. The first-order valence-corrected chi connectivity index (χ1v) is 11.5. The van der Waals surface area contributed by atoms with E-state index in [0.717, 1.165) is 12.8 Å². The zero-order valence-electron chi connectivity index (χ0n) is 16.9. The van der Waals surface area contributed by atoms with E-state index in [-0.39, 0.29) is 23.3 Å². The number of carbonyl (C=O) groups is 2. The van der Waals surface area contributed by atoms with Gasteiger partial charge in [-0.05, 0) is 56.2 Å². The third-order valence-corrected chi connectivity index (χ3v) is 6.99. The van der Waals surface area contributed by atoms with Gasteiger partial charge in [0, 0.05) is 24.7 Å². The first-order chi connectivity index (χ1) is 14.4. The Hall–Kier alpha value is -2.71. The number of amides is 1. The normalized spacial score (nSPS) is 17.3. The molecule has 30 heavy (non-hydrogen) atoms. The van der Waals surface area contributed by atoms with E-state index in [1.807, 2.05) is 0 Å². The summed E-state index contributed by atoms with van der Waals surface area (Å²) in [6, 6.07) is 14.3. The van der Waals surface area contributed by atoms with Crippen LogP contribution in [0.15, 0.2) is 59.5 Å². The minimum Gasteiger partial charge on any atom is -0.462 e. The maximum Gasteiger partial charge on any atom is 0.338 e. The van der Waals surface area contributed by atoms with Crippen molar-refractivity contribution in [1.29, 1.82) is 0 Å². The lowest BCUT2D eigenvalue weighted by Crippen LogP contribution is -2.45. The van der Waals surface area contributed by atoms with Gasteiger partial charge in [0.05, 0.1) is 17.1 Å². The summed E-state index contributed by atoms with van der Waals surface area (Å²) in [5.41, 5.74) is 0.948. The van der Waals surface area contributed by atoms with Gasteiger partial charge in [0.25, 0.3) is 0 Å². The molecule has 0 bridgehead atoms. The van der Waals surface area contributed by atoms with Gasteiger partial charge in [-0.25, -0.2) is 13.2 Å². The number of nitrogens with zero attached hydrogens (tertiary/aromatic N) is 1. The Bertz CT molecular complexity index is 974. The number of hydrogen-bond acceptors (Lipinski definition) is 5. The molecule has 0 aromatic heterocycles. The summed E-state index contributed by atoms with van der Waals surface area (Å²) in [6.07, 6.45) is 2.37. The molecule has 1 aliphatic heterocycles. The van der Waals surface area contributed by atoms with Crippen LogP contribution in [0.3, 0.4) is 0 Å². The van der Waals surface area contributed by atoms with Crippen molar-refractivity contribution in [3.8, 4) is 0 Å². The molecule has 1 saturated heterocycles. The second-order valence-electron chi connectivity index (χ2n) is 7.13. The Morgan fingerprint density at radius 2 is 1.77 bits per heavy atom. The molecule has 1 amide bonds. The number of piperidine rings is 1. The second kappa shape index (κ2) is 9.86. The number of nitrogens with one attached hydrogen (secondary N) is 1. The third-order valence-electron chi connectivity index (χ3n) is 5.02. The number of rotatable bonds is 7. The van der Waals surface area contributed by atoms with Crippen LogP contribution in [0.4, 0.5) is 5.69 Å². The highest BCUT2D eigenvalue weighted by atomic mass is 32.2. The number of carbonyl (C=O) groups excluding carboxylic acids is 2. The van der Waals surface area contributed by atoms with Gasteiger partial charge in [0.1, 0.15) is 0 Å². The quantitative estimate of drug-likeness (QED) is 0.680. The number of anilines is 1. The first-order valence-electron chi connectivity index (χ1n) is 10.1. The van der Waals surface area contributed by atoms with Crippen LogP contribution in [0.2, 0.25) is 0 Å². The highest BCUT2D eigenvalue weighted by Crippen LogP contribution is 2.27. The van der Waals surface area contributed by atoms with Crippen molar-refractivity contribution in [2.75, 3.05) is 18.5 Å². The zero-order valence-corrected chi connectivity index (χ0v) is 17.7. The summed E-state index contributed by atoms with van der Waals surface area (Å²) < 4.78 is 32.5. The van der Waals surface area contributed by atoms with E-state index in [0.29, 0.717) is 30.8 Å². The Kier molecular flexibility index (Phi) is 7.23. The SMILES string of the molecule is CCOC(=O)c1ccc(NC(=O)CC2CCCCN2S(=O)(=O)c2ccccc2)cc1. The molecule has 0 radical (unpaired) electrons. The van der Waals surface area contributed by atoms with Crippen molar-refractivity contribution >= 4 is 27.6 Å². The lowest BCUT2D eigenvalue weighted by Gasteiger charge is -2.34. The molecule has 0 spiro atoms. The molecule has 1 atom stereocenters. The molecule has 0 aliphatic carbocycles. The number of hydrogen-bond donors (Lipinski definition) is 1. The van der Waals surface area contributed by atoms with Gasteiger partial charge in [0.15, 0.2) is 0 Å². The van der Waals surface area contributed by atoms with Crippen molar-refractivity contribution in [3.63, 3.8) is 0 Å². The zero-order chi connectivity index (χ0) is 21.6. The molecule has 3 rings (SSSR count). The van der Waals surface area contributed by atoms with Crippen LogP contribution in [0.1, 0.15) is 43.0 Å². The van der Waals surface area contributed by atoms with Gasteiger partial charge in [0.2, 0.25) is 15.9 Å². The van der Waals surface area contributed by atoms with Crippen molar-refractivity contribution in [2.24, 2.45) is 0 Å². The minimum absolute atomic E-state index is 0.0751. The second-order valence-corrected chi connectivity index (χ2v) is 9.02. The number of sulfonamides is 1. The Morgan fingerprint density at radius 1 is 1.07 bits per heavy atom. The molecule has 0 saturated carbocycles. The molecule has 1 aliphatic rings. The topological polar surface area (TPSA) is 92.8 Å². The maximum absolute atomic E-state index is 13.0. The molecule has 1 N–H and O–H groups in total. The fourth-order valence-corrected chi connectivity index (χ4v) is 5.27. The van der Waals surface area contributed by atoms with Crippen LogP contribution in [-0.4, -0.2) is 43.8 Å². The molecule has 2 aromatic rings. The van der Waals surface area contributed by atoms with Gasteiger partial charge in [-0.3, -0.25) is 4.79 Å². The summed E-state index contributed by atoms with van der Waals surface area (Å²) in [7, 11) is -3.65. The van der Waals surface area contributed by atoms with Crippen LogP contribution < -0.4 is 5.32 Å². The Labute approximate surface area is 177 Å². The van der Waals surface area contributed by atoms with E-state index in [9.17, 15) is 18.0 Å². The Balaban J connectivity index is 1.66. The van der Waals surface area contributed by atoms with Gasteiger partial charge in [-0.2, -0.15) is 4.31 Å².